The Hall–Kier alpha value is -2.81. The van der Waals surface area contributed by atoms with Crippen molar-refractivity contribution in [2.75, 3.05) is 0 Å². The highest BCUT2D eigenvalue weighted by Gasteiger charge is 2.21. The minimum absolute atomic E-state index is 0.0300. The Morgan fingerprint density at radius 2 is 2.12 bits per heavy atom. The fourth-order valence-corrected chi connectivity index (χ4v) is 2.76. The van der Waals surface area contributed by atoms with Gasteiger partial charge < -0.3 is 4.74 Å². The van der Waals surface area contributed by atoms with Gasteiger partial charge in [-0.25, -0.2) is 9.50 Å². The van der Waals surface area contributed by atoms with E-state index >= 15 is 0 Å². The summed E-state index contributed by atoms with van der Waals surface area (Å²) < 4.78 is 7.11. The van der Waals surface area contributed by atoms with E-state index in [0.717, 1.165) is 5.69 Å². The molecular weight excluding hydrogens is 332 g/mol. The van der Waals surface area contributed by atoms with Crippen LogP contribution in [0.15, 0.2) is 24.4 Å². The lowest BCUT2D eigenvalue weighted by Crippen LogP contribution is -2.11. The smallest absolute Gasteiger partial charge is 0.311 e. The summed E-state index contributed by atoms with van der Waals surface area (Å²) in [6, 6.07) is 3.91. The zero-order valence-corrected chi connectivity index (χ0v) is 14.0. The van der Waals surface area contributed by atoms with Gasteiger partial charge in [-0.3, -0.25) is 14.9 Å². The van der Waals surface area contributed by atoms with Crippen LogP contribution in [0.4, 0.5) is 5.69 Å². The van der Waals surface area contributed by atoms with Gasteiger partial charge >= 0.3 is 5.69 Å². The maximum Gasteiger partial charge on any atom is 0.311 e. The van der Waals surface area contributed by atoms with Gasteiger partial charge in [0.1, 0.15) is 6.29 Å². The summed E-state index contributed by atoms with van der Waals surface area (Å²) in [4.78, 5) is 26.5. The minimum atomic E-state index is -0.569. The number of carbonyl (C=O) groups is 1. The first-order valence-corrected chi connectivity index (χ1v) is 7.88. The third-order valence-corrected chi connectivity index (χ3v) is 4.11. The fourth-order valence-electron chi connectivity index (χ4n) is 2.02. The molecule has 0 saturated heterocycles. The van der Waals surface area contributed by atoms with Crippen LogP contribution >= 0.6 is 11.3 Å². The molecule has 0 radical (unpaired) electrons. The zero-order chi connectivity index (χ0) is 17.5. The number of nitro benzene ring substituents is 1. The highest BCUT2D eigenvalue weighted by molar-refractivity contribution is 7.18. The van der Waals surface area contributed by atoms with Crippen molar-refractivity contribution in [1.82, 2.24) is 14.6 Å². The second kappa shape index (κ2) is 5.68. The molecule has 0 fully saturated rings. The summed E-state index contributed by atoms with van der Waals surface area (Å²) in [6.07, 6.45) is 2.40. The monoisotopic (exact) mass is 346 g/mol. The number of rotatable bonds is 4. The number of nitrogens with zero attached hydrogens (tertiary/aromatic N) is 4. The number of nitro groups is 1. The van der Waals surface area contributed by atoms with Crippen molar-refractivity contribution in [3.63, 3.8) is 0 Å². The molecule has 0 amide bonds. The van der Waals surface area contributed by atoms with Crippen molar-refractivity contribution in [2.24, 2.45) is 0 Å². The predicted molar refractivity (Wildman–Crippen MR) is 88.1 cm³/mol. The Morgan fingerprint density at radius 3 is 2.71 bits per heavy atom. The average molecular weight is 346 g/mol. The van der Waals surface area contributed by atoms with E-state index in [-0.39, 0.29) is 27.6 Å². The van der Waals surface area contributed by atoms with E-state index in [9.17, 15) is 14.9 Å². The van der Waals surface area contributed by atoms with Crippen molar-refractivity contribution in [3.05, 3.63) is 45.8 Å². The first-order chi connectivity index (χ1) is 11.3. The second-order valence-electron chi connectivity index (χ2n) is 6.18. The van der Waals surface area contributed by atoms with Gasteiger partial charge in [0.25, 0.3) is 5.19 Å². The fraction of sp³-hybridized carbons (Fsp3) is 0.267. The summed E-state index contributed by atoms with van der Waals surface area (Å²) >= 11 is 1.17. The van der Waals surface area contributed by atoms with E-state index in [1.54, 1.807) is 10.7 Å². The molecule has 124 valence electrons. The van der Waals surface area contributed by atoms with Crippen LogP contribution in [-0.2, 0) is 5.41 Å². The summed E-state index contributed by atoms with van der Waals surface area (Å²) in [5.41, 5.74) is 0.836. The molecule has 24 heavy (non-hydrogen) atoms. The Bertz CT molecular complexity index is 907. The standard InChI is InChI=1S/C15H14N4O4S/c1-15(2,3)12-7-18-13(16-12)24-14(17-18)23-11-6-9(8-20)4-5-10(11)19(21)22/h4-8H,1-3H3. The molecule has 0 aliphatic rings. The Morgan fingerprint density at radius 1 is 1.38 bits per heavy atom. The van der Waals surface area contributed by atoms with Crippen LogP contribution in [0.25, 0.3) is 4.96 Å². The van der Waals surface area contributed by atoms with Crippen molar-refractivity contribution in [1.29, 1.82) is 0 Å². The third-order valence-electron chi connectivity index (χ3n) is 3.31. The minimum Gasteiger partial charge on any atom is -0.422 e. The molecule has 0 spiro atoms. The Balaban J connectivity index is 1.96. The number of carbonyl (C=O) groups excluding carboxylic acids is 1. The van der Waals surface area contributed by atoms with Crippen molar-refractivity contribution in [2.45, 2.75) is 26.2 Å². The molecule has 0 saturated carbocycles. The van der Waals surface area contributed by atoms with E-state index in [2.05, 4.69) is 10.1 Å². The molecule has 0 aliphatic carbocycles. The number of benzene rings is 1. The number of ether oxygens (including phenoxy) is 1. The van der Waals surface area contributed by atoms with Gasteiger partial charge in [0.2, 0.25) is 10.7 Å². The topological polar surface area (TPSA) is 99.6 Å². The summed E-state index contributed by atoms with van der Waals surface area (Å²) in [7, 11) is 0. The molecular formula is C15H14N4O4S. The SMILES string of the molecule is CC(C)(C)c1cn2nc(Oc3cc(C=O)ccc3[N+](=O)[O-])sc2n1. The molecule has 1 aromatic carbocycles. The summed E-state index contributed by atoms with van der Waals surface area (Å²) in [5, 5.41) is 15.5. The first kappa shape index (κ1) is 16.1. The van der Waals surface area contributed by atoms with Gasteiger partial charge in [-0.2, -0.15) is 0 Å². The van der Waals surface area contributed by atoms with Crippen LogP contribution in [0.1, 0.15) is 36.8 Å². The van der Waals surface area contributed by atoms with Gasteiger partial charge in [0.15, 0.2) is 0 Å². The van der Waals surface area contributed by atoms with Crippen LogP contribution in [0.5, 0.6) is 10.9 Å². The van der Waals surface area contributed by atoms with Gasteiger partial charge in [-0.1, -0.05) is 20.8 Å². The Labute approximate surface area is 140 Å². The first-order valence-electron chi connectivity index (χ1n) is 7.06. The highest BCUT2D eigenvalue weighted by atomic mass is 32.1. The molecule has 0 N–H and O–H groups in total. The van der Waals surface area contributed by atoms with Gasteiger partial charge in [-0.15, -0.1) is 5.10 Å². The average Bonchev–Trinajstić information content (AvgIpc) is 3.04. The molecule has 8 nitrogen and oxygen atoms in total. The molecule has 0 unspecified atom stereocenters. The van der Waals surface area contributed by atoms with E-state index < -0.39 is 4.92 Å². The van der Waals surface area contributed by atoms with Crippen LogP contribution in [-0.4, -0.2) is 25.8 Å². The van der Waals surface area contributed by atoms with Gasteiger partial charge in [0, 0.05) is 17.0 Å². The summed E-state index contributed by atoms with van der Waals surface area (Å²) in [6.45, 7) is 6.14. The molecule has 9 heteroatoms. The Kier molecular flexibility index (Phi) is 3.80. The van der Waals surface area contributed by atoms with Crippen molar-refractivity contribution < 1.29 is 14.5 Å². The molecule has 3 aromatic rings. The van der Waals surface area contributed by atoms with Crippen LogP contribution in [0.3, 0.4) is 0 Å². The lowest BCUT2D eigenvalue weighted by atomic mass is 9.93. The van der Waals surface area contributed by atoms with E-state index in [1.165, 1.54) is 29.5 Å². The van der Waals surface area contributed by atoms with Crippen LogP contribution in [0.2, 0.25) is 0 Å². The largest absolute Gasteiger partial charge is 0.422 e. The molecule has 0 bridgehead atoms. The van der Waals surface area contributed by atoms with E-state index in [1.807, 2.05) is 20.8 Å². The van der Waals surface area contributed by atoms with Crippen molar-refractivity contribution in [3.8, 4) is 10.9 Å². The highest BCUT2D eigenvalue weighted by Crippen LogP contribution is 2.34. The molecule has 2 heterocycles. The summed E-state index contributed by atoms with van der Waals surface area (Å²) in [5.74, 6) is -0.0300. The van der Waals surface area contributed by atoms with E-state index in [0.29, 0.717) is 11.2 Å². The number of hydrogen-bond donors (Lipinski definition) is 0. The quantitative estimate of drug-likeness (QED) is 0.406. The van der Waals surface area contributed by atoms with Gasteiger partial charge in [-0.05, 0) is 23.5 Å². The normalized spacial score (nSPS) is 11.6. The predicted octanol–water partition coefficient (Wildman–Crippen LogP) is 3.60. The molecule has 3 rings (SSSR count). The van der Waals surface area contributed by atoms with Crippen LogP contribution < -0.4 is 4.74 Å². The molecule has 0 atom stereocenters. The number of hydrogen-bond acceptors (Lipinski definition) is 7. The van der Waals surface area contributed by atoms with Crippen LogP contribution in [0, 0.1) is 10.1 Å². The maximum absolute atomic E-state index is 11.1. The maximum atomic E-state index is 11.1. The lowest BCUT2D eigenvalue weighted by Gasteiger charge is -2.13. The van der Waals surface area contributed by atoms with E-state index in [4.69, 9.17) is 4.74 Å². The second-order valence-corrected chi connectivity index (χ2v) is 7.09. The molecule has 0 aliphatic heterocycles. The number of imidazole rings is 1. The molecule has 2 aromatic heterocycles. The number of aldehydes is 1. The third kappa shape index (κ3) is 2.98. The van der Waals surface area contributed by atoms with Gasteiger partial charge in [0.05, 0.1) is 16.8 Å². The number of fused-ring (bicyclic) bond motifs is 1. The van der Waals surface area contributed by atoms with Crippen molar-refractivity contribution >= 4 is 28.3 Å². The zero-order valence-electron chi connectivity index (χ0n) is 13.2. The lowest BCUT2D eigenvalue weighted by molar-refractivity contribution is -0.385. The number of aromatic nitrogens is 3.